The molecule has 0 unspecified atom stereocenters. The van der Waals surface area contributed by atoms with Crippen LogP contribution in [0.3, 0.4) is 0 Å². The van der Waals surface area contributed by atoms with Gasteiger partial charge in [-0.15, -0.1) is 9.94 Å². The molecule has 0 bridgehead atoms. The van der Waals surface area contributed by atoms with E-state index in [0.717, 1.165) is 4.85 Å². The molecule has 56 valence electrons. The van der Waals surface area contributed by atoms with E-state index in [1.807, 2.05) is 0 Å². The maximum Gasteiger partial charge on any atom is 0.126 e. The fourth-order valence-electron chi connectivity index (χ4n) is 1.02. The molecule has 11 heavy (non-hydrogen) atoms. The van der Waals surface area contributed by atoms with Crippen molar-refractivity contribution >= 4 is 10.9 Å². The zero-order valence-corrected chi connectivity index (χ0v) is 5.60. The Bertz CT molecular complexity index is 394. The molecule has 0 aliphatic carbocycles. The molecule has 1 heterocycles. The second-order valence-electron chi connectivity index (χ2n) is 2.24. The topological polar surface area (TPSA) is 58.3 Å². The summed E-state index contributed by atoms with van der Waals surface area (Å²) in [5.74, 6) is 0.128. The summed E-state index contributed by atoms with van der Waals surface area (Å²) in [5.41, 5.74) is 0.505. The second-order valence-corrected chi connectivity index (χ2v) is 2.24. The van der Waals surface area contributed by atoms with E-state index < -0.39 is 0 Å². The van der Waals surface area contributed by atoms with Crippen molar-refractivity contribution in [2.75, 3.05) is 0 Å². The largest absolute Gasteiger partial charge is 0.507 e. The summed E-state index contributed by atoms with van der Waals surface area (Å²) in [4.78, 5) is 0.731. The van der Waals surface area contributed by atoms with E-state index in [1.165, 1.54) is 6.20 Å². The summed E-state index contributed by atoms with van der Waals surface area (Å²) >= 11 is 0. The third-order valence-corrected chi connectivity index (χ3v) is 1.57. The summed E-state index contributed by atoms with van der Waals surface area (Å²) in [6.45, 7) is 0. The number of rotatable bonds is 0. The Morgan fingerprint density at radius 1 is 1.36 bits per heavy atom. The molecule has 0 aliphatic heterocycles. The van der Waals surface area contributed by atoms with Crippen molar-refractivity contribution in [2.45, 2.75) is 0 Å². The van der Waals surface area contributed by atoms with Crippen molar-refractivity contribution in [3.05, 3.63) is 24.4 Å². The van der Waals surface area contributed by atoms with Crippen LogP contribution in [-0.2, 0) is 0 Å². The van der Waals surface area contributed by atoms with E-state index >= 15 is 0 Å². The molecule has 2 N–H and O–H groups in total. The lowest BCUT2D eigenvalue weighted by molar-refractivity contribution is 0.161. The second kappa shape index (κ2) is 1.88. The number of nitrogens with zero attached hydrogens (tertiary/aromatic N) is 2. The summed E-state index contributed by atoms with van der Waals surface area (Å²) in [6.07, 6.45) is 1.41. The van der Waals surface area contributed by atoms with Gasteiger partial charge in [-0.2, -0.15) is 0 Å². The molecule has 2 aromatic rings. The Hall–Kier alpha value is -1.71. The van der Waals surface area contributed by atoms with Gasteiger partial charge in [0.2, 0.25) is 0 Å². The van der Waals surface area contributed by atoms with Crippen molar-refractivity contribution < 1.29 is 10.3 Å². The van der Waals surface area contributed by atoms with Crippen molar-refractivity contribution in [1.82, 2.24) is 9.94 Å². The first-order chi connectivity index (χ1) is 5.29. The van der Waals surface area contributed by atoms with Crippen LogP contribution >= 0.6 is 0 Å². The van der Waals surface area contributed by atoms with Gasteiger partial charge in [0.05, 0.1) is 11.6 Å². The average molecular weight is 150 g/mol. The molecule has 0 saturated carbocycles. The Labute approximate surface area is 62.3 Å². The van der Waals surface area contributed by atoms with Gasteiger partial charge >= 0.3 is 0 Å². The van der Waals surface area contributed by atoms with E-state index in [1.54, 1.807) is 18.2 Å². The fourth-order valence-corrected chi connectivity index (χ4v) is 1.02. The van der Waals surface area contributed by atoms with E-state index in [9.17, 15) is 5.11 Å². The zero-order chi connectivity index (χ0) is 7.84. The third-order valence-electron chi connectivity index (χ3n) is 1.57. The first-order valence-corrected chi connectivity index (χ1v) is 3.14. The minimum absolute atomic E-state index is 0.128. The number of benzene rings is 1. The SMILES string of the molecule is Oc1cccc2c1cnn2O. The Morgan fingerprint density at radius 2 is 2.18 bits per heavy atom. The lowest BCUT2D eigenvalue weighted by Crippen LogP contribution is -1.89. The highest BCUT2D eigenvalue weighted by atomic mass is 16.5. The average Bonchev–Trinajstić information content (AvgIpc) is 2.35. The summed E-state index contributed by atoms with van der Waals surface area (Å²) in [7, 11) is 0. The van der Waals surface area contributed by atoms with Gasteiger partial charge in [0, 0.05) is 0 Å². The quantitative estimate of drug-likeness (QED) is 0.550. The van der Waals surface area contributed by atoms with Crippen LogP contribution in [0.15, 0.2) is 24.4 Å². The Morgan fingerprint density at radius 3 is 2.91 bits per heavy atom. The van der Waals surface area contributed by atoms with Gasteiger partial charge in [-0.05, 0) is 12.1 Å². The number of aromatic hydroxyl groups is 1. The highest BCUT2D eigenvalue weighted by molar-refractivity contribution is 5.84. The number of aromatic nitrogens is 2. The van der Waals surface area contributed by atoms with Crippen molar-refractivity contribution in [2.24, 2.45) is 0 Å². The predicted molar refractivity (Wildman–Crippen MR) is 38.6 cm³/mol. The number of fused-ring (bicyclic) bond motifs is 1. The van der Waals surface area contributed by atoms with Gasteiger partial charge in [0.1, 0.15) is 11.3 Å². The van der Waals surface area contributed by atoms with Gasteiger partial charge in [-0.1, -0.05) is 6.07 Å². The van der Waals surface area contributed by atoms with Gasteiger partial charge in [-0.25, -0.2) is 0 Å². The van der Waals surface area contributed by atoms with Crippen LogP contribution in [0.25, 0.3) is 10.9 Å². The summed E-state index contributed by atoms with van der Waals surface area (Å²) in [5, 5.41) is 22.4. The molecule has 0 spiro atoms. The fraction of sp³-hybridized carbons (Fsp3) is 0. The Balaban J connectivity index is 2.94. The summed E-state index contributed by atoms with van der Waals surface area (Å²) in [6, 6.07) is 4.86. The van der Waals surface area contributed by atoms with Gasteiger partial charge < -0.3 is 10.3 Å². The molecule has 4 nitrogen and oxygen atoms in total. The Kier molecular flexibility index (Phi) is 1.03. The molecule has 0 fully saturated rings. The van der Waals surface area contributed by atoms with Crippen LogP contribution < -0.4 is 0 Å². The van der Waals surface area contributed by atoms with Crippen molar-refractivity contribution in [3.8, 4) is 5.75 Å². The minimum Gasteiger partial charge on any atom is -0.507 e. The van der Waals surface area contributed by atoms with E-state index in [4.69, 9.17) is 5.21 Å². The number of phenolic OH excluding ortho intramolecular Hbond substituents is 1. The number of hydrogen-bond donors (Lipinski definition) is 2. The normalized spacial score (nSPS) is 10.5. The molecule has 0 amide bonds. The monoisotopic (exact) mass is 150 g/mol. The minimum atomic E-state index is 0.128. The maximum absolute atomic E-state index is 9.22. The van der Waals surface area contributed by atoms with Crippen LogP contribution in [0.1, 0.15) is 0 Å². The van der Waals surface area contributed by atoms with Crippen molar-refractivity contribution in [1.29, 1.82) is 0 Å². The number of hydrogen-bond acceptors (Lipinski definition) is 3. The zero-order valence-electron chi connectivity index (χ0n) is 5.60. The van der Waals surface area contributed by atoms with Gasteiger partial charge in [0.25, 0.3) is 0 Å². The molecule has 0 radical (unpaired) electrons. The highest BCUT2D eigenvalue weighted by Gasteiger charge is 2.03. The van der Waals surface area contributed by atoms with Crippen molar-refractivity contribution in [3.63, 3.8) is 0 Å². The van der Waals surface area contributed by atoms with Gasteiger partial charge in [-0.3, -0.25) is 0 Å². The van der Waals surface area contributed by atoms with Crippen LogP contribution in [0.2, 0.25) is 0 Å². The lowest BCUT2D eigenvalue weighted by Gasteiger charge is -1.92. The molecule has 1 aromatic heterocycles. The number of phenols is 1. The standard InChI is InChI=1S/C7H6N2O2/c10-7-3-1-2-6-5(7)4-8-9(6)11/h1-4,10-11H. The van der Waals surface area contributed by atoms with E-state index in [0.29, 0.717) is 10.9 Å². The molecule has 4 heteroatoms. The molecular formula is C7H6N2O2. The lowest BCUT2D eigenvalue weighted by atomic mass is 10.2. The predicted octanol–water partition coefficient (Wildman–Crippen LogP) is 0.979. The molecule has 1 aromatic carbocycles. The maximum atomic E-state index is 9.22. The third kappa shape index (κ3) is 0.724. The molecule has 0 atom stereocenters. The van der Waals surface area contributed by atoms with E-state index in [-0.39, 0.29) is 5.75 Å². The molecular weight excluding hydrogens is 144 g/mol. The first kappa shape index (κ1) is 6.03. The van der Waals surface area contributed by atoms with Gasteiger partial charge in [0.15, 0.2) is 0 Å². The van der Waals surface area contributed by atoms with Crippen LogP contribution in [0.4, 0.5) is 0 Å². The summed E-state index contributed by atoms with van der Waals surface area (Å²) < 4.78 is 0. The van der Waals surface area contributed by atoms with E-state index in [2.05, 4.69) is 5.10 Å². The first-order valence-electron chi connectivity index (χ1n) is 3.14. The highest BCUT2D eigenvalue weighted by Crippen LogP contribution is 2.22. The molecule has 0 saturated heterocycles. The smallest absolute Gasteiger partial charge is 0.126 e. The van der Waals surface area contributed by atoms with Crippen LogP contribution in [-0.4, -0.2) is 20.3 Å². The molecule has 0 aliphatic rings. The molecule has 2 rings (SSSR count). The van der Waals surface area contributed by atoms with Crippen LogP contribution in [0.5, 0.6) is 5.75 Å². The van der Waals surface area contributed by atoms with Crippen LogP contribution in [0, 0.1) is 0 Å².